The summed E-state index contributed by atoms with van der Waals surface area (Å²) in [5.74, 6) is 5.15. The Morgan fingerprint density at radius 3 is 2.66 bits per heavy atom. The zero-order chi connectivity index (χ0) is 24.8. The minimum Gasteiger partial charge on any atom is -0.457 e. The first-order chi connectivity index (χ1) is 16.7. The average Bonchev–Trinajstić information content (AvgIpc) is 3.47. The van der Waals surface area contributed by atoms with Crippen molar-refractivity contribution in [3.05, 3.63) is 35.8 Å². The molecule has 1 aromatic rings. The first kappa shape index (κ1) is 25.2. The second kappa shape index (κ2) is 9.75. The molecule has 3 heteroatoms. The van der Waals surface area contributed by atoms with Gasteiger partial charge in [-0.3, -0.25) is 0 Å². The smallest absolute Gasteiger partial charge is 0.374 e. The van der Waals surface area contributed by atoms with Crippen LogP contribution in [-0.4, -0.2) is 12.1 Å². The fourth-order valence-electron chi connectivity index (χ4n) is 9.36. The number of furan rings is 1. The second-order valence-electron chi connectivity index (χ2n) is 13.5. The number of rotatable bonds is 7. The molecule has 0 saturated heterocycles. The highest BCUT2D eigenvalue weighted by Crippen LogP contribution is 2.67. The van der Waals surface area contributed by atoms with Crippen LogP contribution in [0.1, 0.15) is 116 Å². The van der Waals surface area contributed by atoms with Gasteiger partial charge in [-0.2, -0.15) is 0 Å². The van der Waals surface area contributed by atoms with Crippen molar-refractivity contribution in [3.63, 3.8) is 0 Å². The third-order valence-corrected chi connectivity index (χ3v) is 11.3. The molecule has 4 aliphatic rings. The number of ether oxygens (including phenoxy) is 1. The number of allylic oxidation sites excluding steroid dienone is 1. The molecule has 0 unspecified atom stereocenters. The number of esters is 1. The monoisotopic (exact) mass is 480 g/mol. The molecule has 5 rings (SSSR count). The summed E-state index contributed by atoms with van der Waals surface area (Å²) in [6.07, 6.45) is 18.3. The summed E-state index contributed by atoms with van der Waals surface area (Å²) in [6, 6.07) is 3.44. The molecule has 194 valence electrons. The van der Waals surface area contributed by atoms with Crippen LogP contribution in [0.4, 0.5) is 0 Å². The van der Waals surface area contributed by atoms with E-state index in [4.69, 9.17) is 9.15 Å². The minimum absolute atomic E-state index is 0.0140. The van der Waals surface area contributed by atoms with Crippen LogP contribution < -0.4 is 0 Å². The molecule has 3 saturated carbocycles. The van der Waals surface area contributed by atoms with E-state index in [2.05, 4.69) is 40.7 Å². The van der Waals surface area contributed by atoms with Gasteiger partial charge in [-0.1, -0.05) is 65.5 Å². The zero-order valence-corrected chi connectivity index (χ0v) is 22.9. The van der Waals surface area contributed by atoms with Crippen molar-refractivity contribution in [1.29, 1.82) is 0 Å². The number of hydrogen-bond acceptors (Lipinski definition) is 3. The fraction of sp³-hybridized carbons (Fsp3) is 0.781. The summed E-state index contributed by atoms with van der Waals surface area (Å²) in [6.45, 7) is 12.5. The van der Waals surface area contributed by atoms with Gasteiger partial charge in [-0.15, -0.1) is 0 Å². The van der Waals surface area contributed by atoms with Gasteiger partial charge < -0.3 is 9.15 Å². The van der Waals surface area contributed by atoms with E-state index in [0.717, 1.165) is 54.8 Å². The summed E-state index contributed by atoms with van der Waals surface area (Å²) < 4.78 is 11.1. The third kappa shape index (κ3) is 4.55. The average molecular weight is 481 g/mol. The SMILES string of the molecule is CC(C)CCC[C@@H](C)[C@H]1CC[C@H]2[C@@H]3CC=C4C[C@@H](OC(=O)c5ccco5)CC[C@]4(C)[C@H]3CC[C@]12C. The molecule has 1 aromatic heterocycles. The summed E-state index contributed by atoms with van der Waals surface area (Å²) in [5.41, 5.74) is 2.40. The first-order valence-electron chi connectivity index (χ1n) is 14.7. The van der Waals surface area contributed by atoms with Crippen LogP contribution in [0.25, 0.3) is 0 Å². The van der Waals surface area contributed by atoms with Gasteiger partial charge in [0, 0.05) is 6.42 Å². The van der Waals surface area contributed by atoms with Crippen molar-refractivity contribution in [2.45, 2.75) is 111 Å². The quantitative estimate of drug-likeness (QED) is 0.289. The zero-order valence-electron chi connectivity index (χ0n) is 22.9. The van der Waals surface area contributed by atoms with Crippen molar-refractivity contribution < 1.29 is 13.9 Å². The molecule has 0 N–H and O–H groups in total. The maximum atomic E-state index is 12.5. The molecule has 3 fully saturated rings. The highest BCUT2D eigenvalue weighted by atomic mass is 16.6. The Morgan fingerprint density at radius 1 is 1.09 bits per heavy atom. The Labute approximate surface area is 213 Å². The molecular weight excluding hydrogens is 432 g/mol. The van der Waals surface area contributed by atoms with E-state index in [1.165, 1.54) is 57.6 Å². The Balaban J connectivity index is 1.26. The molecule has 0 aromatic carbocycles. The van der Waals surface area contributed by atoms with Crippen molar-refractivity contribution >= 4 is 5.97 Å². The van der Waals surface area contributed by atoms with E-state index < -0.39 is 0 Å². The van der Waals surface area contributed by atoms with Crippen LogP contribution in [0, 0.1) is 46.3 Å². The van der Waals surface area contributed by atoms with Crippen LogP contribution in [0.3, 0.4) is 0 Å². The van der Waals surface area contributed by atoms with E-state index >= 15 is 0 Å². The van der Waals surface area contributed by atoms with Crippen molar-refractivity contribution in [1.82, 2.24) is 0 Å². The van der Waals surface area contributed by atoms with E-state index in [1.54, 1.807) is 17.7 Å². The van der Waals surface area contributed by atoms with Crippen LogP contribution >= 0.6 is 0 Å². The summed E-state index contributed by atoms with van der Waals surface area (Å²) in [7, 11) is 0. The third-order valence-electron chi connectivity index (χ3n) is 11.3. The van der Waals surface area contributed by atoms with Gasteiger partial charge in [0.05, 0.1) is 6.26 Å². The molecule has 8 atom stereocenters. The first-order valence-corrected chi connectivity index (χ1v) is 14.7. The van der Waals surface area contributed by atoms with Crippen LogP contribution in [-0.2, 0) is 4.74 Å². The highest BCUT2D eigenvalue weighted by Gasteiger charge is 2.59. The van der Waals surface area contributed by atoms with Gasteiger partial charge in [0.25, 0.3) is 0 Å². The fourth-order valence-corrected chi connectivity index (χ4v) is 9.36. The van der Waals surface area contributed by atoms with Crippen LogP contribution in [0.5, 0.6) is 0 Å². The normalized spacial score (nSPS) is 39.4. The number of carbonyl (C=O) groups excluding carboxylic acids is 1. The Bertz CT molecular complexity index is 913. The van der Waals surface area contributed by atoms with Crippen LogP contribution in [0.15, 0.2) is 34.5 Å². The van der Waals surface area contributed by atoms with Crippen molar-refractivity contribution in [2.24, 2.45) is 46.3 Å². The highest BCUT2D eigenvalue weighted by molar-refractivity contribution is 5.86. The van der Waals surface area contributed by atoms with Gasteiger partial charge in [0.2, 0.25) is 5.76 Å². The van der Waals surface area contributed by atoms with Gasteiger partial charge in [0.15, 0.2) is 0 Å². The predicted octanol–water partition coefficient (Wildman–Crippen LogP) is 8.85. The van der Waals surface area contributed by atoms with Crippen molar-refractivity contribution in [2.75, 3.05) is 0 Å². The lowest BCUT2D eigenvalue weighted by Gasteiger charge is -2.58. The topological polar surface area (TPSA) is 39.4 Å². The molecule has 0 amide bonds. The Hall–Kier alpha value is -1.51. The van der Waals surface area contributed by atoms with Gasteiger partial charge in [-0.25, -0.2) is 4.79 Å². The lowest BCUT2D eigenvalue weighted by Crippen LogP contribution is -2.51. The van der Waals surface area contributed by atoms with E-state index in [0.29, 0.717) is 16.6 Å². The van der Waals surface area contributed by atoms with Gasteiger partial charge in [-0.05, 0) is 103 Å². The number of fused-ring (bicyclic) bond motifs is 5. The number of carbonyl (C=O) groups is 1. The van der Waals surface area contributed by atoms with Gasteiger partial charge >= 0.3 is 5.97 Å². The maximum Gasteiger partial charge on any atom is 0.374 e. The van der Waals surface area contributed by atoms with Crippen molar-refractivity contribution in [3.8, 4) is 0 Å². The maximum absolute atomic E-state index is 12.5. The summed E-state index contributed by atoms with van der Waals surface area (Å²) in [4.78, 5) is 12.5. The molecular formula is C32H48O3. The molecule has 0 aliphatic heterocycles. The van der Waals surface area contributed by atoms with E-state index in [1.807, 2.05) is 0 Å². The Kier molecular flexibility index (Phi) is 7.01. The molecule has 35 heavy (non-hydrogen) atoms. The standard InChI is InChI=1S/C32H48O3/c1-21(2)8-6-9-22(3)26-13-14-27-25-12-11-23-20-24(35-30(33)29-10-7-19-34-29)15-17-31(23,4)28(25)16-18-32(26,27)5/h7,10-11,19,21-22,24-28H,6,8-9,12-18,20H2,1-5H3/t22-,24+,25+,26-,27+,28+,31+,32-/m1/s1. The van der Waals surface area contributed by atoms with Crippen LogP contribution in [0.2, 0.25) is 0 Å². The Morgan fingerprint density at radius 2 is 1.91 bits per heavy atom. The molecule has 3 nitrogen and oxygen atoms in total. The lowest BCUT2D eigenvalue weighted by molar-refractivity contribution is -0.0597. The number of hydrogen-bond donors (Lipinski definition) is 0. The molecule has 1 heterocycles. The predicted molar refractivity (Wildman–Crippen MR) is 141 cm³/mol. The van der Waals surface area contributed by atoms with E-state index in [-0.39, 0.29) is 12.1 Å². The summed E-state index contributed by atoms with van der Waals surface area (Å²) >= 11 is 0. The largest absolute Gasteiger partial charge is 0.457 e. The summed E-state index contributed by atoms with van der Waals surface area (Å²) in [5, 5.41) is 0. The second-order valence-corrected chi connectivity index (χ2v) is 13.5. The minimum atomic E-state index is -0.314. The van der Waals surface area contributed by atoms with Gasteiger partial charge in [0.1, 0.15) is 6.10 Å². The lowest BCUT2D eigenvalue weighted by atomic mass is 9.47. The molecule has 0 bridgehead atoms. The molecule has 4 aliphatic carbocycles. The molecule has 0 spiro atoms. The molecule has 0 radical (unpaired) electrons. The van der Waals surface area contributed by atoms with E-state index in [9.17, 15) is 4.79 Å².